The molecule has 3 aliphatic rings. The minimum absolute atomic E-state index is 0. The van der Waals surface area contributed by atoms with Crippen molar-refractivity contribution >= 4 is 123 Å². The Morgan fingerprint density at radius 1 is 0.242 bits per heavy atom. The van der Waals surface area contributed by atoms with Gasteiger partial charge in [-0.3, -0.25) is 131 Å². The molecule has 42 nitrogen and oxygen atoms in total. The van der Waals surface area contributed by atoms with Crippen LogP contribution >= 0.6 is 0 Å². The van der Waals surface area contributed by atoms with Crippen molar-refractivity contribution in [2.75, 3.05) is 288 Å². The first-order valence-corrected chi connectivity index (χ1v) is 42.6. The molecule has 45 heteroatoms. The number of rotatable bonds is 33. The molecule has 4 aromatic carbocycles. The molecule has 0 bridgehead atoms. The molecule has 6 amide bonds. The fraction of sp³-hybridized carbons (Fsp3) is 0.552. The van der Waals surface area contributed by atoms with Crippen LogP contribution in [0.3, 0.4) is 0 Å². The monoisotopic (exact) mass is 2280 g/mol. The minimum atomic E-state index is -1.13. The summed E-state index contributed by atoms with van der Waals surface area (Å²) in [6.07, 6.45) is 0. The van der Waals surface area contributed by atoms with Crippen molar-refractivity contribution in [3.8, 4) is 0 Å². The average Bonchev–Trinajstić information content (AvgIpc) is 0.743. The van der Waals surface area contributed by atoms with Crippen molar-refractivity contribution < 1.29 is 238 Å². The second-order valence-corrected chi connectivity index (χ2v) is 33.0. The quantitative estimate of drug-likeness (QED) is 0.0301. The molecule has 3 saturated heterocycles. The van der Waals surface area contributed by atoms with Crippen LogP contribution in [0.15, 0.2) is 72.8 Å². The van der Waals surface area contributed by atoms with Gasteiger partial charge >= 0.3 is 53.7 Å². The molecule has 9 N–H and O–H groups in total. The number of benzene rings is 4. The average molecular weight is 2280 g/mol. The zero-order chi connectivity index (χ0) is 95.5. The zero-order valence-corrected chi connectivity index (χ0v) is 83.6. The molecule has 3 heterocycles. The summed E-state index contributed by atoms with van der Waals surface area (Å²) in [4.78, 5) is 229. The summed E-state index contributed by atoms with van der Waals surface area (Å²) in [6, 6.07) is 16.7. The van der Waals surface area contributed by atoms with E-state index in [1.54, 1.807) is 158 Å². The van der Waals surface area contributed by atoms with Gasteiger partial charge in [-0.05, 0) is 113 Å². The minimum Gasteiger partial charge on any atom is -0.480 e. The summed E-state index contributed by atoms with van der Waals surface area (Å²) in [5, 5.41) is 88.5. The Hall–Kier alpha value is -7.58. The third-order valence-electron chi connectivity index (χ3n) is 24.2. The molecule has 7 rings (SSSR count). The van der Waals surface area contributed by atoms with Crippen LogP contribution in [0.1, 0.15) is 68.5 Å². The Bertz CT molecular complexity index is 4130. The first kappa shape index (κ1) is 117. The van der Waals surface area contributed by atoms with Crippen molar-refractivity contribution in [3.05, 3.63) is 106 Å². The van der Waals surface area contributed by atoms with Crippen LogP contribution in [0, 0.1) is 141 Å². The number of carbonyl (C=O) groups excluding carboxylic acids is 6. The number of hydrogen-bond acceptors (Lipinski definition) is 27. The Balaban J connectivity index is 0.0000121. The standard InChI is InChI=1S/C87H126N18O24.3Gd/c1-58-79(85(127)91(10)67-19-13-16-64(46-67)88(7)82(124)61(4)103-40-34-97(52-73(112)113)28-22-94(49-70(106)107)23-29-98(35-41-103)53-74(114)115)59(2)81(87(129)93(12)69-21-15-18-66(48-69)90(9)84(126)63(6)105-44-38-101(56-77(120)121)32-26-96(51-72(110)111)27-33-102(39-45-105)57-78(122)123)60(3)80(58)86(128)92(11)68-20-14-17-65(47-68)89(8)83(125)62(5)104-42-36-99(54-75(116)117)30-24-95(50-71(108)109)25-31-100(37-43-104)55-76(118)119;;;/h13-21,46-48,61-63H,22-45,49-57H2,1-12H3,(H,106,107)(H,108,109)(H,110,111)(H,112,113)(H,114,115)(H,116,117)(H,118,119)(H,120,121)(H,122,123);;;. The van der Waals surface area contributed by atoms with Crippen LogP contribution in [0.25, 0.3) is 0 Å². The number of carbonyl (C=O) groups is 15. The number of likely N-dealkylation sites (N-methyl/N-ethyl adjacent to an activating group) is 3. The predicted molar refractivity (Wildman–Crippen MR) is 478 cm³/mol. The number of amides is 6. The van der Waals surface area contributed by atoms with Crippen LogP contribution in [-0.2, 0) is 57.5 Å². The van der Waals surface area contributed by atoms with Gasteiger partial charge in [-0.2, -0.15) is 0 Å². The van der Waals surface area contributed by atoms with Gasteiger partial charge in [0, 0.05) is 370 Å². The maximum atomic E-state index is 15.9. The molecule has 3 unspecified atom stereocenters. The molecular formula is C87H126Gd3N18O24. The van der Waals surface area contributed by atoms with Gasteiger partial charge in [0.25, 0.3) is 17.7 Å². The van der Waals surface area contributed by atoms with Crippen LogP contribution in [0.4, 0.5) is 34.1 Å². The number of anilines is 6. The van der Waals surface area contributed by atoms with Gasteiger partial charge in [-0.1, -0.05) is 18.2 Å². The third kappa shape index (κ3) is 35.2. The molecule has 0 aliphatic carbocycles. The zero-order valence-electron chi connectivity index (χ0n) is 76.8. The van der Waals surface area contributed by atoms with E-state index >= 15 is 14.4 Å². The number of aliphatic carboxylic acids is 9. The Morgan fingerprint density at radius 3 is 0.508 bits per heavy atom. The number of carboxylic acid groups (broad SMARTS) is 9. The molecule has 132 heavy (non-hydrogen) atoms. The topological polar surface area (TPSA) is 496 Å². The smallest absolute Gasteiger partial charge is 0.317 e. The van der Waals surface area contributed by atoms with Gasteiger partial charge in [0.05, 0.1) is 77.0 Å². The second-order valence-electron chi connectivity index (χ2n) is 33.0. The summed E-state index contributed by atoms with van der Waals surface area (Å²) in [5.41, 5.74) is 1.89. The van der Waals surface area contributed by atoms with E-state index in [0.717, 1.165) is 0 Å². The van der Waals surface area contributed by atoms with Crippen LogP contribution in [0.5, 0.6) is 0 Å². The van der Waals surface area contributed by atoms with Crippen LogP contribution in [0.2, 0.25) is 0 Å². The van der Waals surface area contributed by atoms with Crippen molar-refractivity contribution in [2.45, 2.75) is 59.7 Å². The second kappa shape index (κ2) is 56.2. The third-order valence-corrected chi connectivity index (χ3v) is 24.2. The maximum absolute atomic E-state index is 15.9. The molecule has 3 aliphatic heterocycles. The summed E-state index contributed by atoms with van der Waals surface area (Å²) in [5.74, 6) is -13.5. The Kier molecular flexibility index (Phi) is 49.7. The molecule has 0 spiro atoms. The van der Waals surface area contributed by atoms with Gasteiger partial charge in [-0.15, -0.1) is 0 Å². The molecule has 0 saturated carbocycles. The van der Waals surface area contributed by atoms with Crippen molar-refractivity contribution in [1.29, 1.82) is 0 Å². The largest absolute Gasteiger partial charge is 0.480 e. The number of nitrogens with zero attached hydrogens (tertiary/aromatic N) is 18. The fourth-order valence-corrected chi connectivity index (χ4v) is 16.4. The molecule has 0 radical (unpaired) electrons. The predicted octanol–water partition coefficient (Wildman–Crippen LogP) is -0.0782. The summed E-state index contributed by atoms with van der Waals surface area (Å²) >= 11 is 0. The Labute approximate surface area is 864 Å². The van der Waals surface area contributed by atoms with Gasteiger partial charge in [-0.25, -0.2) is 0 Å². The summed E-state index contributed by atoms with van der Waals surface area (Å²) < 4.78 is 0. The van der Waals surface area contributed by atoms with Gasteiger partial charge in [0.1, 0.15) is 0 Å². The van der Waals surface area contributed by atoms with Crippen molar-refractivity contribution in [3.63, 3.8) is 0 Å². The van der Waals surface area contributed by atoms with E-state index in [-0.39, 0.29) is 386 Å². The molecule has 0 aromatic heterocycles. The van der Waals surface area contributed by atoms with Crippen LogP contribution < -0.4 is 29.4 Å². The fourth-order valence-electron chi connectivity index (χ4n) is 16.4. The van der Waals surface area contributed by atoms with Crippen LogP contribution in [-0.4, -0.2) is 470 Å². The van der Waals surface area contributed by atoms with E-state index in [1.807, 2.05) is 14.7 Å². The van der Waals surface area contributed by atoms with Crippen molar-refractivity contribution in [2.24, 2.45) is 0 Å². The van der Waals surface area contributed by atoms with E-state index in [9.17, 15) is 103 Å². The first-order chi connectivity index (χ1) is 60.8. The van der Waals surface area contributed by atoms with E-state index < -0.39 is 107 Å². The number of hydrogen-bond donors (Lipinski definition) is 9. The number of carboxylic acids is 9. The molecule has 732 valence electrons. The van der Waals surface area contributed by atoms with Gasteiger partial charge in [0.2, 0.25) is 17.7 Å². The van der Waals surface area contributed by atoms with Crippen molar-refractivity contribution in [1.82, 2.24) is 58.8 Å². The van der Waals surface area contributed by atoms with Gasteiger partial charge < -0.3 is 75.4 Å². The SMILES string of the molecule is Cc1c(C(=O)N(C)c2cccc(N(C)C(=O)C(C)N3CCN(CC(=O)O)CCN(CC(=O)O)CCN(CC(=O)O)CC3)c2)c(C)c(C(=O)N(C)c2cccc(N(C)C(=O)C(C)N3CCN(CC(=O)O)CCN(CC(=O)O)CCN(CC(=O)O)CC3)c2)c(C)c1C(=O)N(C)c1cccc(N(C)C(=O)C(C)N2CCN(CC(=O)O)CCN(CC(=O)O)CCN(CC(=O)O)CC2)c1.[Gd].[Gd].[Gd]. The molecule has 4 aromatic rings. The van der Waals surface area contributed by atoms with E-state index in [4.69, 9.17) is 0 Å². The summed E-state index contributed by atoms with van der Waals surface area (Å²) in [7, 11) is 9.02. The summed E-state index contributed by atoms with van der Waals surface area (Å²) in [6.45, 7) is 9.77. The van der Waals surface area contributed by atoms with Gasteiger partial charge in [0.15, 0.2) is 0 Å². The van der Waals surface area contributed by atoms with E-state index in [2.05, 4.69) is 0 Å². The molecule has 3 atom stereocenters. The Morgan fingerprint density at radius 2 is 0.371 bits per heavy atom. The normalized spacial score (nSPS) is 17.2. The maximum Gasteiger partial charge on any atom is 0.317 e. The van der Waals surface area contributed by atoms with E-state index in [0.29, 0.717) is 17.1 Å². The molecular weight excluding hydrogens is 2150 g/mol. The first-order valence-electron chi connectivity index (χ1n) is 42.6. The molecule has 3 fully saturated rings. The van der Waals surface area contributed by atoms with E-state index in [1.165, 1.54) is 71.7 Å².